The molecule has 90 valence electrons. The Balaban J connectivity index is 2.35. The van der Waals surface area contributed by atoms with Crippen LogP contribution in [0.1, 0.15) is 57.6 Å². The summed E-state index contributed by atoms with van der Waals surface area (Å²) in [5.41, 5.74) is 5.94. The zero-order valence-corrected chi connectivity index (χ0v) is 10.4. The van der Waals surface area contributed by atoms with Crippen LogP contribution < -0.4 is 5.73 Å². The first-order valence-electron chi connectivity index (χ1n) is 6.34. The van der Waals surface area contributed by atoms with Gasteiger partial charge in [0.1, 0.15) is 11.6 Å². The van der Waals surface area contributed by atoms with E-state index in [2.05, 4.69) is 28.6 Å². The molecule has 2 rings (SSSR count). The molecule has 1 fully saturated rings. The average molecular weight is 222 g/mol. The lowest BCUT2D eigenvalue weighted by molar-refractivity contribution is 0.425. The molecule has 1 heterocycles. The van der Waals surface area contributed by atoms with Gasteiger partial charge >= 0.3 is 0 Å². The SMILES string of the molecule is CCCn1c(CN)nnc1C1(C)CCCC1. The van der Waals surface area contributed by atoms with Gasteiger partial charge in [-0.05, 0) is 19.3 Å². The Morgan fingerprint density at radius 2 is 2.00 bits per heavy atom. The van der Waals surface area contributed by atoms with Gasteiger partial charge in [0, 0.05) is 12.0 Å². The molecule has 1 aliphatic rings. The van der Waals surface area contributed by atoms with Crippen LogP contribution in [0.3, 0.4) is 0 Å². The van der Waals surface area contributed by atoms with Crippen molar-refractivity contribution in [2.24, 2.45) is 5.73 Å². The van der Waals surface area contributed by atoms with Gasteiger partial charge in [0.25, 0.3) is 0 Å². The molecule has 1 aromatic rings. The van der Waals surface area contributed by atoms with Crippen molar-refractivity contribution in [1.82, 2.24) is 14.8 Å². The molecule has 1 aliphatic carbocycles. The molecule has 0 spiro atoms. The Labute approximate surface area is 97.2 Å². The Bertz CT molecular complexity index is 350. The highest BCUT2D eigenvalue weighted by atomic mass is 15.3. The van der Waals surface area contributed by atoms with Crippen molar-refractivity contribution in [3.63, 3.8) is 0 Å². The number of hydrogen-bond donors (Lipinski definition) is 1. The molecule has 0 saturated heterocycles. The summed E-state index contributed by atoms with van der Waals surface area (Å²) >= 11 is 0. The van der Waals surface area contributed by atoms with Gasteiger partial charge < -0.3 is 10.3 Å². The number of hydrogen-bond acceptors (Lipinski definition) is 3. The predicted molar refractivity (Wildman–Crippen MR) is 64.0 cm³/mol. The molecule has 0 unspecified atom stereocenters. The van der Waals surface area contributed by atoms with Crippen LogP contribution in [0.5, 0.6) is 0 Å². The van der Waals surface area contributed by atoms with E-state index in [-0.39, 0.29) is 5.41 Å². The van der Waals surface area contributed by atoms with Crippen molar-refractivity contribution in [2.45, 2.75) is 64.5 Å². The van der Waals surface area contributed by atoms with Gasteiger partial charge in [-0.1, -0.05) is 26.7 Å². The third kappa shape index (κ3) is 1.86. The largest absolute Gasteiger partial charge is 0.324 e. The zero-order valence-electron chi connectivity index (χ0n) is 10.4. The van der Waals surface area contributed by atoms with E-state index in [4.69, 9.17) is 5.73 Å². The first-order valence-corrected chi connectivity index (χ1v) is 6.34. The normalized spacial score (nSPS) is 19.2. The maximum absolute atomic E-state index is 5.71. The number of nitrogens with two attached hydrogens (primary N) is 1. The van der Waals surface area contributed by atoms with Crippen molar-refractivity contribution < 1.29 is 0 Å². The summed E-state index contributed by atoms with van der Waals surface area (Å²) in [5, 5.41) is 8.62. The second kappa shape index (κ2) is 4.53. The van der Waals surface area contributed by atoms with E-state index in [1.807, 2.05) is 0 Å². The Hall–Kier alpha value is -0.900. The van der Waals surface area contributed by atoms with E-state index >= 15 is 0 Å². The van der Waals surface area contributed by atoms with E-state index in [0.29, 0.717) is 6.54 Å². The standard InChI is InChI=1S/C12H22N4/c1-3-8-16-10(9-13)14-15-11(16)12(2)6-4-5-7-12/h3-9,13H2,1-2H3. The van der Waals surface area contributed by atoms with Crippen LogP contribution in [0, 0.1) is 0 Å². The van der Waals surface area contributed by atoms with Gasteiger partial charge in [-0.15, -0.1) is 10.2 Å². The quantitative estimate of drug-likeness (QED) is 0.847. The fraction of sp³-hybridized carbons (Fsp3) is 0.833. The number of rotatable bonds is 4. The maximum Gasteiger partial charge on any atom is 0.146 e. The van der Waals surface area contributed by atoms with Crippen LogP contribution in [0.15, 0.2) is 0 Å². The summed E-state index contributed by atoms with van der Waals surface area (Å²) in [4.78, 5) is 0. The first kappa shape index (κ1) is 11.6. The average Bonchev–Trinajstić information content (AvgIpc) is 2.86. The lowest BCUT2D eigenvalue weighted by Gasteiger charge is -2.23. The van der Waals surface area contributed by atoms with E-state index in [0.717, 1.165) is 24.6 Å². The highest BCUT2D eigenvalue weighted by Gasteiger charge is 2.35. The van der Waals surface area contributed by atoms with Crippen LogP contribution in [0.4, 0.5) is 0 Å². The minimum absolute atomic E-state index is 0.232. The molecule has 1 saturated carbocycles. The lowest BCUT2D eigenvalue weighted by Crippen LogP contribution is -2.24. The van der Waals surface area contributed by atoms with Gasteiger partial charge in [0.15, 0.2) is 0 Å². The van der Waals surface area contributed by atoms with Crippen LogP contribution >= 0.6 is 0 Å². The highest BCUT2D eigenvalue weighted by molar-refractivity contribution is 5.11. The Morgan fingerprint density at radius 1 is 1.31 bits per heavy atom. The fourth-order valence-electron chi connectivity index (χ4n) is 2.77. The van der Waals surface area contributed by atoms with Crippen LogP contribution in [-0.2, 0) is 18.5 Å². The van der Waals surface area contributed by atoms with Gasteiger partial charge in [0.2, 0.25) is 0 Å². The summed E-state index contributed by atoms with van der Waals surface area (Å²) in [5.74, 6) is 2.09. The topological polar surface area (TPSA) is 56.7 Å². The molecule has 4 nitrogen and oxygen atoms in total. The summed E-state index contributed by atoms with van der Waals surface area (Å²) in [6.45, 7) is 5.98. The Morgan fingerprint density at radius 3 is 2.56 bits per heavy atom. The van der Waals surface area contributed by atoms with E-state index in [1.165, 1.54) is 25.7 Å². The summed E-state index contributed by atoms with van der Waals surface area (Å²) in [6.07, 6.45) is 6.20. The van der Waals surface area contributed by atoms with Crippen molar-refractivity contribution >= 4 is 0 Å². The number of nitrogens with zero attached hydrogens (tertiary/aromatic N) is 3. The minimum Gasteiger partial charge on any atom is -0.324 e. The summed E-state index contributed by atoms with van der Waals surface area (Å²) in [6, 6.07) is 0. The highest BCUT2D eigenvalue weighted by Crippen LogP contribution is 2.39. The van der Waals surface area contributed by atoms with Gasteiger partial charge in [0.05, 0.1) is 6.54 Å². The molecule has 4 heteroatoms. The van der Waals surface area contributed by atoms with Gasteiger partial charge in [-0.2, -0.15) is 0 Å². The number of aromatic nitrogens is 3. The maximum atomic E-state index is 5.71. The monoisotopic (exact) mass is 222 g/mol. The smallest absolute Gasteiger partial charge is 0.146 e. The van der Waals surface area contributed by atoms with Crippen LogP contribution in [-0.4, -0.2) is 14.8 Å². The predicted octanol–water partition coefficient (Wildman–Crippen LogP) is 1.98. The lowest BCUT2D eigenvalue weighted by atomic mass is 9.88. The minimum atomic E-state index is 0.232. The van der Waals surface area contributed by atoms with Crippen molar-refractivity contribution in [2.75, 3.05) is 0 Å². The molecule has 1 aromatic heterocycles. The fourth-order valence-corrected chi connectivity index (χ4v) is 2.77. The third-order valence-corrected chi connectivity index (χ3v) is 3.70. The molecular weight excluding hydrogens is 200 g/mol. The van der Waals surface area contributed by atoms with E-state index in [1.54, 1.807) is 0 Å². The second-order valence-corrected chi connectivity index (χ2v) is 5.06. The second-order valence-electron chi connectivity index (χ2n) is 5.06. The van der Waals surface area contributed by atoms with Crippen molar-refractivity contribution in [3.05, 3.63) is 11.6 Å². The molecule has 0 atom stereocenters. The van der Waals surface area contributed by atoms with Gasteiger partial charge in [-0.3, -0.25) is 0 Å². The molecule has 0 amide bonds. The van der Waals surface area contributed by atoms with Crippen LogP contribution in [0.25, 0.3) is 0 Å². The molecule has 0 aliphatic heterocycles. The van der Waals surface area contributed by atoms with Gasteiger partial charge in [-0.25, -0.2) is 0 Å². The molecular formula is C12H22N4. The molecule has 0 bridgehead atoms. The molecule has 0 radical (unpaired) electrons. The van der Waals surface area contributed by atoms with Crippen molar-refractivity contribution in [1.29, 1.82) is 0 Å². The first-order chi connectivity index (χ1) is 7.71. The molecule has 0 aromatic carbocycles. The van der Waals surface area contributed by atoms with E-state index in [9.17, 15) is 0 Å². The van der Waals surface area contributed by atoms with Crippen molar-refractivity contribution in [3.8, 4) is 0 Å². The van der Waals surface area contributed by atoms with E-state index < -0.39 is 0 Å². The zero-order chi connectivity index (χ0) is 11.6. The molecule has 2 N–H and O–H groups in total. The molecule has 16 heavy (non-hydrogen) atoms. The Kier molecular flexibility index (Phi) is 3.28. The van der Waals surface area contributed by atoms with Crippen LogP contribution in [0.2, 0.25) is 0 Å². The summed E-state index contributed by atoms with van der Waals surface area (Å²) < 4.78 is 2.24. The summed E-state index contributed by atoms with van der Waals surface area (Å²) in [7, 11) is 0. The third-order valence-electron chi connectivity index (χ3n) is 3.70.